The van der Waals surface area contributed by atoms with Crippen LogP contribution in [-0.4, -0.2) is 15.7 Å². The number of carbonyl (C=O) groups excluding carboxylic acids is 1. The van der Waals surface area contributed by atoms with Gasteiger partial charge in [-0.2, -0.15) is 5.10 Å². The molecule has 0 spiro atoms. The fourth-order valence-corrected chi connectivity index (χ4v) is 2.76. The Balaban J connectivity index is 1.84. The van der Waals surface area contributed by atoms with E-state index in [0.717, 1.165) is 17.7 Å². The zero-order valence-electron chi connectivity index (χ0n) is 13.3. The molecule has 1 heterocycles. The van der Waals surface area contributed by atoms with Crippen LogP contribution in [0, 0.1) is 18.6 Å². The van der Waals surface area contributed by atoms with E-state index < -0.39 is 17.5 Å². The first-order chi connectivity index (χ1) is 12.0. The first-order valence-corrected chi connectivity index (χ1v) is 7.86. The van der Waals surface area contributed by atoms with Gasteiger partial charge in [0.25, 0.3) is 5.91 Å². The number of amides is 1. The Morgan fingerprint density at radius 3 is 2.56 bits per heavy atom. The number of halogens is 3. The van der Waals surface area contributed by atoms with Crippen molar-refractivity contribution in [2.24, 2.45) is 0 Å². The van der Waals surface area contributed by atoms with Gasteiger partial charge < -0.3 is 5.32 Å². The van der Waals surface area contributed by atoms with E-state index in [-0.39, 0.29) is 16.4 Å². The van der Waals surface area contributed by atoms with E-state index in [0.29, 0.717) is 12.2 Å². The van der Waals surface area contributed by atoms with Crippen molar-refractivity contribution in [1.29, 1.82) is 0 Å². The fourth-order valence-electron chi connectivity index (χ4n) is 2.44. The molecular formula is C18H14ClF2N3O. The maximum Gasteiger partial charge on any atom is 0.260 e. The molecule has 0 saturated carbocycles. The molecule has 3 aromatic rings. The van der Waals surface area contributed by atoms with Gasteiger partial charge in [-0.15, -0.1) is 0 Å². The normalized spacial score (nSPS) is 10.7. The van der Waals surface area contributed by atoms with Gasteiger partial charge in [-0.05, 0) is 24.6 Å². The molecule has 0 atom stereocenters. The van der Waals surface area contributed by atoms with Gasteiger partial charge in [-0.3, -0.25) is 4.79 Å². The number of anilines is 1. The van der Waals surface area contributed by atoms with Gasteiger partial charge in [0.15, 0.2) is 11.6 Å². The van der Waals surface area contributed by atoms with E-state index in [2.05, 4.69) is 10.4 Å². The lowest BCUT2D eigenvalue weighted by Gasteiger charge is -2.06. The monoisotopic (exact) mass is 361 g/mol. The number of hydrogen-bond donors (Lipinski definition) is 1. The number of benzene rings is 2. The summed E-state index contributed by atoms with van der Waals surface area (Å²) in [5.41, 5.74) is 1.76. The summed E-state index contributed by atoms with van der Waals surface area (Å²) in [6.45, 7) is 2.08. The third-order valence-electron chi connectivity index (χ3n) is 3.65. The van der Waals surface area contributed by atoms with E-state index in [1.54, 1.807) is 6.92 Å². The highest BCUT2D eigenvalue weighted by Gasteiger charge is 2.21. The number of carbonyl (C=O) groups is 1. The molecule has 0 unspecified atom stereocenters. The lowest BCUT2D eigenvalue weighted by molar-refractivity contribution is 0.102. The van der Waals surface area contributed by atoms with Crippen molar-refractivity contribution in [2.75, 3.05) is 5.32 Å². The third kappa shape index (κ3) is 3.69. The van der Waals surface area contributed by atoms with Gasteiger partial charge in [0.1, 0.15) is 5.15 Å². The highest BCUT2D eigenvalue weighted by Crippen LogP contribution is 2.23. The first kappa shape index (κ1) is 17.1. The highest BCUT2D eigenvalue weighted by atomic mass is 35.5. The van der Waals surface area contributed by atoms with E-state index in [1.165, 1.54) is 10.7 Å². The van der Waals surface area contributed by atoms with E-state index in [4.69, 9.17) is 11.6 Å². The van der Waals surface area contributed by atoms with Gasteiger partial charge in [0.2, 0.25) is 0 Å². The Kier molecular flexibility index (Phi) is 4.81. The van der Waals surface area contributed by atoms with Gasteiger partial charge in [-0.25, -0.2) is 13.5 Å². The molecular weight excluding hydrogens is 348 g/mol. The minimum absolute atomic E-state index is 0.134. The predicted octanol–water partition coefficient (Wildman–Crippen LogP) is 4.42. The van der Waals surface area contributed by atoms with Crippen LogP contribution in [-0.2, 0) is 6.54 Å². The molecule has 128 valence electrons. The van der Waals surface area contributed by atoms with Gasteiger partial charge >= 0.3 is 0 Å². The summed E-state index contributed by atoms with van der Waals surface area (Å²) in [6.07, 6.45) is 0. The fraction of sp³-hybridized carbons (Fsp3) is 0.111. The molecule has 0 aliphatic heterocycles. The summed E-state index contributed by atoms with van der Waals surface area (Å²) in [5.74, 6) is -2.56. The molecule has 1 amide bonds. The second-order valence-electron chi connectivity index (χ2n) is 5.48. The summed E-state index contributed by atoms with van der Waals surface area (Å²) < 4.78 is 27.8. The molecule has 4 nitrogen and oxygen atoms in total. The number of aryl methyl sites for hydroxylation is 1. The van der Waals surface area contributed by atoms with Crippen LogP contribution in [0.25, 0.3) is 0 Å². The Morgan fingerprint density at radius 1 is 1.16 bits per heavy atom. The molecule has 1 N–H and O–H groups in total. The molecule has 2 aromatic carbocycles. The Bertz CT molecular complexity index is 926. The number of nitrogens with one attached hydrogen (secondary N) is 1. The van der Waals surface area contributed by atoms with Crippen LogP contribution in [0.1, 0.15) is 21.6 Å². The van der Waals surface area contributed by atoms with Crippen LogP contribution >= 0.6 is 11.6 Å². The van der Waals surface area contributed by atoms with Crippen molar-refractivity contribution < 1.29 is 13.6 Å². The molecule has 0 bridgehead atoms. The molecule has 1 aromatic heterocycles. The molecule has 0 saturated heterocycles. The van der Waals surface area contributed by atoms with Gasteiger partial charge in [-0.1, -0.05) is 41.9 Å². The Labute approximate surface area is 148 Å². The zero-order chi connectivity index (χ0) is 18.0. The number of hydrogen-bond acceptors (Lipinski definition) is 2. The second kappa shape index (κ2) is 7.03. The average molecular weight is 362 g/mol. The SMILES string of the molecule is Cc1nn(Cc2ccccc2)c(Cl)c1C(=O)Nc1ccc(F)c(F)c1. The zero-order valence-corrected chi connectivity index (χ0v) is 14.0. The lowest BCUT2D eigenvalue weighted by Crippen LogP contribution is -2.13. The maximum atomic E-state index is 13.3. The standard InChI is InChI=1S/C18H14ClF2N3O/c1-11-16(18(25)22-13-7-8-14(20)15(21)9-13)17(19)24(23-11)10-12-5-3-2-4-6-12/h2-9H,10H2,1H3,(H,22,25). The summed E-state index contributed by atoms with van der Waals surface area (Å²) >= 11 is 6.30. The van der Waals surface area contributed by atoms with Gasteiger partial charge in [0.05, 0.1) is 17.8 Å². The predicted molar refractivity (Wildman–Crippen MR) is 91.8 cm³/mol. The van der Waals surface area contributed by atoms with Crippen molar-refractivity contribution in [3.63, 3.8) is 0 Å². The van der Waals surface area contributed by atoms with Crippen molar-refractivity contribution in [1.82, 2.24) is 9.78 Å². The lowest BCUT2D eigenvalue weighted by atomic mass is 10.2. The van der Waals surface area contributed by atoms with Crippen molar-refractivity contribution in [3.05, 3.63) is 82.1 Å². The van der Waals surface area contributed by atoms with E-state index >= 15 is 0 Å². The van der Waals surface area contributed by atoms with Crippen LogP contribution in [0.4, 0.5) is 14.5 Å². The number of aromatic nitrogens is 2. The molecule has 7 heteroatoms. The van der Waals surface area contributed by atoms with Crippen LogP contribution in [0.3, 0.4) is 0 Å². The Hall–Kier alpha value is -2.73. The number of nitrogens with zero attached hydrogens (tertiary/aromatic N) is 2. The summed E-state index contributed by atoms with van der Waals surface area (Å²) in [6, 6.07) is 12.7. The first-order valence-electron chi connectivity index (χ1n) is 7.49. The van der Waals surface area contributed by atoms with Crippen molar-refractivity contribution in [2.45, 2.75) is 13.5 Å². The van der Waals surface area contributed by atoms with Crippen molar-refractivity contribution >= 4 is 23.2 Å². The third-order valence-corrected chi connectivity index (χ3v) is 4.03. The minimum atomic E-state index is -1.04. The molecule has 25 heavy (non-hydrogen) atoms. The molecule has 0 radical (unpaired) electrons. The van der Waals surface area contributed by atoms with Crippen LogP contribution < -0.4 is 5.32 Å². The molecule has 3 rings (SSSR count). The topological polar surface area (TPSA) is 46.9 Å². The van der Waals surface area contributed by atoms with Crippen LogP contribution in [0.5, 0.6) is 0 Å². The average Bonchev–Trinajstić information content (AvgIpc) is 2.86. The van der Waals surface area contributed by atoms with E-state index in [1.807, 2.05) is 30.3 Å². The molecule has 0 aliphatic rings. The maximum absolute atomic E-state index is 13.3. The quantitative estimate of drug-likeness (QED) is 0.747. The van der Waals surface area contributed by atoms with E-state index in [9.17, 15) is 13.6 Å². The van der Waals surface area contributed by atoms with Gasteiger partial charge in [0, 0.05) is 11.8 Å². The summed E-state index contributed by atoms with van der Waals surface area (Å²) in [5, 5.41) is 6.97. The van der Waals surface area contributed by atoms with Crippen LogP contribution in [0.2, 0.25) is 5.15 Å². The smallest absolute Gasteiger partial charge is 0.260 e. The molecule has 0 aliphatic carbocycles. The second-order valence-corrected chi connectivity index (χ2v) is 5.84. The number of rotatable bonds is 4. The highest BCUT2D eigenvalue weighted by molar-refractivity contribution is 6.33. The minimum Gasteiger partial charge on any atom is -0.322 e. The molecule has 0 fully saturated rings. The summed E-state index contributed by atoms with van der Waals surface area (Å²) in [4.78, 5) is 12.5. The summed E-state index contributed by atoms with van der Waals surface area (Å²) in [7, 11) is 0. The van der Waals surface area contributed by atoms with Crippen molar-refractivity contribution in [3.8, 4) is 0 Å². The van der Waals surface area contributed by atoms with Crippen LogP contribution in [0.15, 0.2) is 48.5 Å². The largest absolute Gasteiger partial charge is 0.322 e. The Morgan fingerprint density at radius 2 is 1.88 bits per heavy atom.